The second-order valence-electron chi connectivity index (χ2n) is 10.1. The minimum absolute atomic E-state index is 0.577. The Morgan fingerprint density at radius 2 is 0.815 bits per heavy atom. The van der Waals surface area contributed by atoms with Crippen LogP contribution < -0.4 is 5.73 Å². The molecule has 0 aromatic rings. The Morgan fingerprint density at radius 3 is 1.19 bits per heavy atom. The van der Waals surface area contributed by atoms with Crippen molar-refractivity contribution in [3.63, 3.8) is 0 Å². The summed E-state index contributed by atoms with van der Waals surface area (Å²) in [6.45, 7) is 0.956. The molecule has 0 spiro atoms. The van der Waals surface area contributed by atoms with Crippen LogP contribution >= 0.6 is 0 Å². The van der Waals surface area contributed by atoms with E-state index >= 15 is 0 Å². The summed E-state index contributed by atoms with van der Waals surface area (Å²) in [5.74, 6) is 0.980. The number of fused-ring (bicyclic) bond motifs is 1. The summed E-state index contributed by atoms with van der Waals surface area (Å²) in [5.41, 5.74) is 6.76. The highest BCUT2D eigenvalue weighted by Gasteiger charge is 2.51. The quantitative estimate of drug-likeness (QED) is 0.486. The Hall–Kier alpha value is -0.0400. The monoisotopic (exact) mass is 377 g/mol. The third-order valence-electron chi connectivity index (χ3n) is 7.74. The summed E-state index contributed by atoms with van der Waals surface area (Å²) >= 11 is 0. The summed E-state index contributed by atoms with van der Waals surface area (Å²) in [6.07, 6.45) is 33.9. The van der Waals surface area contributed by atoms with Crippen molar-refractivity contribution in [3.8, 4) is 0 Å². The normalized spacial score (nSPS) is 32.1. The Balaban J connectivity index is 1.59. The van der Waals surface area contributed by atoms with Crippen LogP contribution in [0.5, 0.6) is 0 Å². The van der Waals surface area contributed by atoms with Gasteiger partial charge in [0.25, 0.3) is 0 Å². The maximum absolute atomic E-state index is 6.18. The standard InChI is InChI=1S/C26H51N/c27-24-26-22-20-18-16-14-12-10-8-6-4-2-1-3-5-7-9-11-13-15-17-19-21-25(26)23-26/h25H,1-24,27H2. The zero-order valence-corrected chi connectivity index (χ0v) is 18.6. The van der Waals surface area contributed by atoms with Crippen LogP contribution in [-0.2, 0) is 0 Å². The van der Waals surface area contributed by atoms with Gasteiger partial charge in [0, 0.05) is 0 Å². The summed E-state index contributed by atoms with van der Waals surface area (Å²) in [4.78, 5) is 0. The molecule has 160 valence electrons. The van der Waals surface area contributed by atoms with Crippen molar-refractivity contribution in [2.24, 2.45) is 17.1 Å². The van der Waals surface area contributed by atoms with Crippen molar-refractivity contribution in [1.82, 2.24) is 0 Å². The number of nitrogens with two attached hydrogens (primary N) is 1. The fraction of sp³-hybridized carbons (Fsp3) is 1.00. The lowest BCUT2D eigenvalue weighted by molar-refractivity contribution is 0.386. The van der Waals surface area contributed by atoms with Crippen LogP contribution in [0.1, 0.15) is 148 Å². The molecule has 2 atom stereocenters. The molecule has 0 heterocycles. The van der Waals surface area contributed by atoms with Gasteiger partial charge >= 0.3 is 0 Å². The Kier molecular flexibility index (Phi) is 12.8. The van der Waals surface area contributed by atoms with E-state index in [1.807, 2.05) is 0 Å². The molecule has 0 amide bonds. The average molecular weight is 378 g/mol. The summed E-state index contributed by atoms with van der Waals surface area (Å²) in [7, 11) is 0. The van der Waals surface area contributed by atoms with Crippen LogP contribution in [0.3, 0.4) is 0 Å². The zero-order chi connectivity index (χ0) is 19.0. The van der Waals surface area contributed by atoms with Crippen molar-refractivity contribution >= 4 is 0 Å². The molecule has 1 nitrogen and oxygen atoms in total. The molecular weight excluding hydrogens is 326 g/mol. The van der Waals surface area contributed by atoms with Crippen molar-refractivity contribution in [1.29, 1.82) is 0 Å². The zero-order valence-electron chi connectivity index (χ0n) is 18.6. The first-order valence-corrected chi connectivity index (χ1v) is 13.1. The second-order valence-corrected chi connectivity index (χ2v) is 10.1. The van der Waals surface area contributed by atoms with E-state index in [9.17, 15) is 0 Å². The molecule has 1 heteroatoms. The maximum atomic E-state index is 6.18. The first kappa shape index (κ1) is 23.2. The van der Waals surface area contributed by atoms with Crippen molar-refractivity contribution in [3.05, 3.63) is 0 Å². The lowest BCUT2D eigenvalue weighted by atomic mass is 9.93. The maximum Gasteiger partial charge on any atom is -0.00178 e. The van der Waals surface area contributed by atoms with Crippen LogP contribution in [0.2, 0.25) is 0 Å². The molecule has 2 aliphatic carbocycles. The van der Waals surface area contributed by atoms with E-state index in [0.717, 1.165) is 12.5 Å². The van der Waals surface area contributed by atoms with Gasteiger partial charge in [-0.3, -0.25) is 0 Å². The van der Waals surface area contributed by atoms with E-state index in [1.54, 1.807) is 0 Å². The Bertz CT molecular complexity index is 339. The molecule has 2 saturated carbocycles. The molecule has 0 aromatic heterocycles. The molecule has 2 unspecified atom stereocenters. The number of hydrogen-bond acceptors (Lipinski definition) is 1. The molecule has 0 saturated heterocycles. The first-order valence-electron chi connectivity index (χ1n) is 13.1. The molecule has 2 N–H and O–H groups in total. The van der Waals surface area contributed by atoms with E-state index < -0.39 is 0 Å². The van der Waals surface area contributed by atoms with E-state index in [4.69, 9.17) is 5.73 Å². The third kappa shape index (κ3) is 10.3. The number of hydrogen-bond donors (Lipinski definition) is 1. The minimum Gasteiger partial charge on any atom is -0.330 e. The van der Waals surface area contributed by atoms with E-state index in [0.29, 0.717) is 5.41 Å². The first-order chi connectivity index (χ1) is 13.4. The molecule has 0 aromatic carbocycles. The van der Waals surface area contributed by atoms with Gasteiger partial charge in [-0.2, -0.15) is 0 Å². The summed E-state index contributed by atoms with van der Waals surface area (Å²) < 4.78 is 0. The van der Waals surface area contributed by atoms with Gasteiger partial charge in [-0.1, -0.05) is 128 Å². The lowest BCUT2D eigenvalue weighted by Gasteiger charge is -2.15. The van der Waals surface area contributed by atoms with E-state index in [-0.39, 0.29) is 0 Å². The molecule has 2 aliphatic rings. The molecule has 2 rings (SSSR count). The van der Waals surface area contributed by atoms with Gasteiger partial charge in [-0.15, -0.1) is 0 Å². The summed E-state index contributed by atoms with van der Waals surface area (Å²) in [5, 5.41) is 0. The third-order valence-corrected chi connectivity index (χ3v) is 7.74. The van der Waals surface area contributed by atoms with Gasteiger partial charge in [-0.05, 0) is 37.1 Å². The highest BCUT2D eigenvalue weighted by Crippen LogP contribution is 2.57. The predicted molar refractivity (Wildman–Crippen MR) is 121 cm³/mol. The SMILES string of the molecule is NCC12CCCCCCCCCCCCCCCCCCCCCCC1C2. The van der Waals surface area contributed by atoms with Gasteiger partial charge in [0.2, 0.25) is 0 Å². The molecule has 0 radical (unpaired) electrons. The van der Waals surface area contributed by atoms with E-state index in [2.05, 4.69) is 0 Å². The minimum atomic E-state index is 0.577. The van der Waals surface area contributed by atoms with Crippen molar-refractivity contribution in [2.75, 3.05) is 6.54 Å². The topological polar surface area (TPSA) is 26.0 Å². The second kappa shape index (κ2) is 14.9. The van der Waals surface area contributed by atoms with Crippen molar-refractivity contribution < 1.29 is 0 Å². The fourth-order valence-electron chi connectivity index (χ4n) is 5.55. The van der Waals surface area contributed by atoms with Gasteiger partial charge < -0.3 is 5.73 Å². The lowest BCUT2D eigenvalue weighted by Crippen LogP contribution is -2.18. The van der Waals surface area contributed by atoms with Crippen LogP contribution in [0.25, 0.3) is 0 Å². The number of rotatable bonds is 1. The largest absolute Gasteiger partial charge is 0.330 e. The van der Waals surface area contributed by atoms with Crippen molar-refractivity contribution in [2.45, 2.75) is 148 Å². The Morgan fingerprint density at radius 1 is 0.481 bits per heavy atom. The van der Waals surface area contributed by atoms with Crippen LogP contribution in [0.4, 0.5) is 0 Å². The predicted octanol–water partition coefficient (Wildman–Crippen LogP) is 8.55. The fourth-order valence-corrected chi connectivity index (χ4v) is 5.55. The smallest absolute Gasteiger partial charge is 0.00178 e. The molecule has 2 fully saturated rings. The van der Waals surface area contributed by atoms with Crippen LogP contribution in [-0.4, -0.2) is 6.54 Å². The van der Waals surface area contributed by atoms with Gasteiger partial charge in [0.1, 0.15) is 0 Å². The average Bonchev–Trinajstić information content (AvgIpc) is 3.38. The van der Waals surface area contributed by atoms with Gasteiger partial charge in [0.15, 0.2) is 0 Å². The van der Waals surface area contributed by atoms with Gasteiger partial charge in [-0.25, -0.2) is 0 Å². The van der Waals surface area contributed by atoms with Crippen LogP contribution in [0.15, 0.2) is 0 Å². The van der Waals surface area contributed by atoms with E-state index in [1.165, 1.54) is 148 Å². The van der Waals surface area contributed by atoms with Gasteiger partial charge in [0.05, 0.1) is 0 Å². The molecule has 0 aliphatic heterocycles. The Labute approximate surface area is 171 Å². The molecular formula is C26H51N. The molecule has 27 heavy (non-hydrogen) atoms. The summed E-state index contributed by atoms with van der Waals surface area (Å²) in [6, 6.07) is 0. The highest BCUT2D eigenvalue weighted by molar-refractivity contribution is 5.02. The highest BCUT2D eigenvalue weighted by atomic mass is 14.7. The van der Waals surface area contributed by atoms with Crippen LogP contribution in [0, 0.1) is 11.3 Å². The molecule has 0 bridgehead atoms.